The molecular weight excluding hydrogens is 458 g/mol. The molecule has 0 spiro atoms. The maximum Gasteiger partial charge on any atom is 0.334 e. The molecule has 2 atom stereocenters. The second kappa shape index (κ2) is 11.7. The van der Waals surface area contributed by atoms with E-state index in [1.807, 2.05) is 60.7 Å². The number of terminal acetylenes is 1. The van der Waals surface area contributed by atoms with Crippen molar-refractivity contribution in [3.63, 3.8) is 0 Å². The lowest BCUT2D eigenvalue weighted by molar-refractivity contribution is -0.188. The first-order valence-electron chi connectivity index (χ1n) is 12.0. The number of hydrogen-bond acceptors (Lipinski definition) is 5. The van der Waals surface area contributed by atoms with Gasteiger partial charge in [-0.05, 0) is 18.1 Å². The molecule has 2 fully saturated rings. The molecule has 2 heterocycles. The van der Waals surface area contributed by atoms with Gasteiger partial charge < -0.3 is 19.9 Å². The molecule has 9 nitrogen and oxygen atoms in total. The van der Waals surface area contributed by atoms with E-state index < -0.39 is 12.2 Å². The van der Waals surface area contributed by atoms with Crippen molar-refractivity contribution < 1.29 is 19.1 Å². The van der Waals surface area contributed by atoms with Gasteiger partial charge in [0.05, 0.1) is 32.8 Å². The van der Waals surface area contributed by atoms with Crippen LogP contribution < -0.4 is 5.32 Å². The van der Waals surface area contributed by atoms with Crippen molar-refractivity contribution in [1.29, 1.82) is 0 Å². The summed E-state index contributed by atoms with van der Waals surface area (Å²) in [7, 11) is 0. The van der Waals surface area contributed by atoms with Crippen molar-refractivity contribution >= 4 is 17.8 Å². The van der Waals surface area contributed by atoms with Crippen LogP contribution in [0.5, 0.6) is 0 Å². The average Bonchev–Trinajstić information content (AvgIpc) is 2.89. The number of nitrogens with one attached hydrogen (secondary N) is 1. The second-order valence-electron chi connectivity index (χ2n) is 8.80. The first-order chi connectivity index (χ1) is 17.5. The molecule has 0 aliphatic carbocycles. The number of hydrogen-bond donors (Lipinski definition) is 1. The summed E-state index contributed by atoms with van der Waals surface area (Å²) < 4.78 is 5.78. The van der Waals surface area contributed by atoms with E-state index in [1.54, 1.807) is 16.8 Å². The van der Waals surface area contributed by atoms with Crippen LogP contribution in [0.3, 0.4) is 0 Å². The number of ether oxygens (including phenoxy) is 1. The lowest BCUT2D eigenvalue weighted by atomic mass is 10.1. The molecule has 4 amide bonds. The van der Waals surface area contributed by atoms with Gasteiger partial charge in [0.2, 0.25) is 11.8 Å². The average molecular weight is 490 g/mol. The Morgan fingerprint density at radius 1 is 1.08 bits per heavy atom. The van der Waals surface area contributed by atoms with Crippen molar-refractivity contribution in [3.8, 4) is 12.3 Å². The van der Waals surface area contributed by atoms with Gasteiger partial charge in [-0.1, -0.05) is 66.6 Å². The van der Waals surface area contributed by atoms with Crippen LogP contribution in [0.25, 0.3) is 0 Å². The SMILES string of the molecule is C#CCN1CC(=O)N2[C@@H](C)C(=O)N(CCOCc3ccccc3)C[C@@H]2N1C(=O)NCc1ccccc1. The van der Waals surface area contributed by atoms with Crippen LogP contribution in [0.2, 0.25) is 0 Å². The molecule has 0 aromatic heterocycles. The highest BCUT2D eigenvalue weighted by atomic mass is 16.5. The largest absolute Gasteiger partial charge is 0.375 e. The number of carbonyl (C=O) groups is 3. The number of amides is 4. The Labute approximate surface area is 211 Å². The number of carbonyl (C=O) groups excluding carboxylic acids is 3. The molecular formula is C27H31N5O4. The molecule has 2 saturated heterocycles. The second-order valence-corrected chi connectivity index (χ2v) is 8.80. The zero-order chi connectivity index (χ0) is 25.5. The van der Waals surface area contributed by atoms with Crippen LogP contribution in [0.1, 0.15) is 18.1 Å². The fourth-order valence-corrected chi connectivity index (χ4v) is 4.59. The zero-order valence-corrected chi connectivity index (χ0v) is 20.4. The van der Waals surface area contributed by atoms with Crippen molar-refractivity contribution in [2.24, 2.45) is 0 Å². The van der Waals surface area contributed by atoms with E-state index in [9.17, 15) is 14.4 Å². The molecule has 1 N–H and O–H groups in total. The van der Waals surface area contributed by atoms with Crippen molar-refractivity contribution in [1.82, 2.24) is 25.1 Å². The fraction of sp³-hybridized carbons (Fsp3) is 0.370. The number of benzene rings is 2. The molecule has 0 saturated carbocycles. The molecule has 2 aromatic carbocycles. The van der Waals surface area contributed by atoms with E-state index in [0.717, 1.165) is 11.1 Å². The molecule has 2 aromatic rings. The van der Waals surface area contributed by atoms with Gasteiger partial charge in [-0.15, -0.1) is 6.42 Å². The van der Waals surface area contributed by atoms with E-state index in [4.69, 9.17) is 11.2 Å². The summed E-state index contributed by atoms with van der Waals surface area (Å²) >= 11 is 0. The molecule has 9 heteroatoms. The van der Waals surface area contributed by atoms with Crippen LogP contribution in [-0.4, -0.2) is 82.7 Å². The van der Waals surface area contributed by atoms with Crippen LogP contribution in [0.15, 0.2) is 60.7 Å². The van der Waals surface area contributed by atoms with Crippen molar-refractivity contribution in [2.75, 3.05) is 32.8 Å². The van der Waals surface area contributed by atoms with E-state index in [0.29, 0.717) is 26.3 Å². The normalized spacial score (nSPS) is 20.2. The maximum atomic E-state index is 13.4. The van der Waals surface area contributed by atoms with Gasteiger partial charge in [0, 0.05) is 13.1 Å². The third-order valence-electron chi connectivity index (χ3n) is 6.37. The number of hydrazine groups is 1. The van der Waals surface area contributed by atoms with Crippen LogP contribution >= 0.6 is 0 Å². The minimum atomic E-state index is -0.706. The number of fused-ring (bicyclic) bond motifs is 1. The van der Waals surface area contributed by atoms with Crippen molar-refractivity contribution in [2.45, 2.75) is 32.3 Å². The molecule has 0 radical (unpaired) electrons. The standard InChI is InChI=1S/C27H31N5O4/c1-3-14-30-19-25(33)31-21(2)26(34)29(15-16-36-20-23-12-8-5-9-13-23)18-24(31)32(30)27(35)28-17-22-10-6-4-7-11-22/h1,4-13,21,24H,14-20H2,2H3,(H,28,35)/t21-,24-/m0/s1. The molecule has 4 rings (SSSR count). The summed E-state index contributed by atoms with van der Waals surface area (Å²) in [5, 5.41) is 5.98. The Morgan fingerprint density at radius 2 is 1.75 bits per heavy atom. The number of piperazine rings is 1. The summed E-state index contributed by atoms with van der Waals surface area (Å²) in [5.74, 6) is 2.13. The summed E-state index contributed by atoms with van der Waals surface area (Å²) in [6, 6.07) is 18.3. The first-order valence-corrected chi connectivity index (χ1v) is 12.0. The van der Waals surface area contributed by atoms with Gasteiger partial charge in [0.15, 0.2) is 0 Å². The van der Waals surface area contributed by atoms with Crippen molar-refractivity contribution in [3.05, 3.63) is 71.8 Å². The molecule has 2 aliphatic heterocycles. The minimum Gasteiger partial charge on any atom is -0.375 e. The lowest BCUT2D eigenvalue weighted by Crippen LogP contribution is -2.76. The molecule has 2 aliphatic rings. The maximum absolute atomic E-state index is 13.4. The van der Waals surface area contributed by atoms with Gasteiger partial charge in [-0.25, -0.2) is 9.80 Å². The van der Waals surface area contributed by atoms with E-state index in [2.05, 4.69) is 11.2 Å². The highest BCUT2D eigenvalue weighted by Gasteiger charge is 2.49. The molecule has 0 unspecified atom stereocenters. The Hall–Kier alpha value is -3.87. The number of nitrogens with zero attached hydrogens (tertiary/aromatic N) is 4. The van der Waals surface area contributed by atoms with Crippen LogP contribution in [0, 0.1) is 12.3 Å². The number of rotatable bonds is 8. The third-order valence-corrected chi connectivity index (χ3v) is 6.37. The minimum absolute atomic E-state index is 0.0722. The first kappa shape index (κ1) is 25.2. The van der Waals surface area contributed by atoms with Crippen LogP contribution in [0.4, 0.5) is 4.79 Å². The smallest absolute Gasteiger partial charge is 0.334 e. The topological polar surface area (TPSA) is 85.4 Å². The Bertz CT molecular complexity index is 1100. The quantitative estimate of drug-likeness (QED) is 0.450. The zero-order valence-electron chi connectivity index (χ0n) is 20.4. The highest BCUT2D eigenvalue weighted by molar-refractivity contribution is 5.91. The monoisotopic (exact) mass is 489 g/mol. The van der Waals surface area contributed by atoms with Crippen LogP contribution in [-0.2, 0) is 27.5 Å². The summed E-state index contributed by atoms with van der Waals surface area (Å²) in [5.41, 5.74) is 2.00. The summed E-state index contributed by atoms with van der Waals surface area (Å²) in [4.78, 5) is 42.6. The van der Waals surface area contributed by atoms with E-state index in [-0.39, 0.29) is 37.5 Å². The fourth-order valence-electron chi connectivity index (χ4n) is 4.59. The summed E-state index contributed by atoms with van der Waals surface area (Å²) in [6.07, 6.45) is 4.88. The Kier molecular flexibility index (Phi) is 8.21. The predicted octanol–water partition coefficient (Wildman–Crippen LogP) is 1.66. The lowest BCUT2D eigenvalue weighted by Gasteiger charge is -2.54. The van der Waals surface area contributed by atoms with Gasteiger partial charge in [-0.3, -0.25) is 9.59 Å². The van der Waals surface area contributed by atoms with E-state index in [1.165, 1.54) is 9.91 Å². The van der Waals surface area contributed by atoms with E-state index >= 15 is 0 Å². The van der Waals surface area contributed by atoms with Gasteiger partial charge in [0.25, 0.3) is 0 Å². The van der Waals surface area contributed by atoms with Gasteiger partial charge in [-0.2, -0.15) is 5.01 Å². The molecule has 0 bridgehead atoms. The van der Waals surface area contributed by atoms with Gasteiger partial charge >= 0.3 is 6.03 Å². The highest BCUT2D eigenvalue weighted by Crippen LogP contribution is 2.26. The number of urea groups is 1. The predicted molar refractivity (Wildman–Crippen MR) is 134 cm³/mol. The molecule has 188 valence electrons. The Balaban J connectivity index is 1.46. The Morgan fingerprint density at radius 3 is 2.42 bits per heavy atom. The van der Waals surface area contributed by atoms with Gasteiger partial charge in [0.1, 0.15) is 12.2 Å². The summed E-state index contributed by atoms with van der Waals surface area (Å²) in [6.45, 7) is 3.34. The molecule has 36 heavy (non-hydrogen) atoms. The third kappa shape index (κ3) is 5.67.